The van der Waals surface area contributed by atoms with Crippen LogP contribution in [0.5, 0.6) is 0 Å². The second-order valence-electron chi connectivity index (χ2n) is 3.71. The van der Waals surface area contributed by atoms with E-state index in [9.17, 15) is 0 Å². The molecule has 0 bridgehead atoms. The summed E-state index contributed by atoms with van der Waals surface area (Å²) in [6, 6.07) is 0.417. The average Bonchev–Trinajstić information content (AvgIpc) is 2.34. The molecule has 0 aliphatic heterocycles. The summed E-state index contributed by atoms with van der Waals surface area (Å²) in [4.78, 5) is 0. The molecule has 0 saturated heterocycles. The van der Waals surface area contributed by atoms with E-state index in [1.54, 1.807) is 0 Å². The molecule has 0 aromatic carbocycles. The fraction of sp³-hybridized carbons (Fsp3) is 1.00. The van der Waals surface area contributed by atoms with Crippen LogP contribution in [0.25, 0.3) is 0 Å². The van der Waals surface area contributed by atoms with Crippen LogP contribution in [0.15, 0.2) is 0 Å². The zero-order valence-corrected chi connectivity index (χ0v) is 6.97. The van der Waals surface area contributed by atoms with Crippen molar-refractivity contribution in [2.45, 2.75) is 51.5 Å². The monoisotopic (exact) mass is 141 g/mol. The number of hydrogen-bond donors (Lipinski definition) is 1. The van der Waals surface area contributed by atoms with Gasteiger partial charge in [-0.2, -0.15) is 0 Å². The zero-order chi connectivity index (χ0) is 7.40. The predicted octanol–water partition coefficient (Wildman–Crippen LogP) is 2.30. The highest BCUT2D eigenvalue weighted by molar-refractivity contribution is 4.68. The van der Waals surface area contributed by atoms with E-state index in [4.69, 9.17) is 5.73 Å². The molecule has 2 N–H and O–H groups in total. The Morgan fingerprint density at radius 1 is 1.40 bits per heavy atom. The van der Waals surface area contributed by atoms with Crippen molar-refractivity contribution in [3.8, 4) is 0 Å². The van der Waals surface area contributed by atoms with Crippen LogP contribution in [0.1, 0.15) is 45.4 Å². The topological polar surface area (TPSA) is 26.0 Å². The maximum absolute atomic E-state index is 5.67. The Morgan fingerprint density at radius 2 is 2.00 bits per heavy atom. The van der Waals surface area contributed by atoms with Gasteiger partial charge in [0.2, 0.25) is 0 Å². The van der Waals surface area contributed by atoms with Crippen LogP contribution >= 0.6 is 0 Å². The van der Waals surface area contributed by atoms with E-state index < -0.39 is 0 Å². The first-order valence-electron chi connectivity index (χ1n) is 4.54. The number of hydrogen-bond acceptors (Lipinski definition) is 1. The molecule has 0 radical (unpaired) electrons. The first-order valence-corrected chi connectivity index (χ1v) is 4.54. The quantitative estimate of drug-likeness (QED) is 0.641. The van der Waals surface area contributed by atoms with Crippen molar-refractivity contribution >= 4 is 0 Å². The Morgan fingerprint density at radius 3 is 2.50 bits per heavy atom. The van der Waals surface area contributed by atoms with Gasteiger partial charge >= 0.3 is 0 Å². The van der Waals surface area contributed by atoms with Gasteiger partial charge in [-0.1, -0.05) is 25.7 Å². The van der Waals surface area contributed by atoms with Crippen molar-refractivity contribution in [2.24, 2.45) is 11.7 Å². The maximum Gasteiger partial charge on any atom is 0.00105 e. The average molecular weight is 141 g/mol. The van der Waals surface area contributed by atoms with Gasteiger partial charge in [-0.25, -0.2) is 0 Å². The molecule has 0 spiro atoms. The van der Waals surface area contributed by atoms with Crippen LogP contribution in [-0.4, -0.2) is 6.04 Å². The highest BCUT2D eigenvalue weighted by Crippen LogP contribution is 2.28. The van der Waals surface area contributed by atoms with Gasteiger partial charge in [0.15, 0.2) is 0 Å². The molecule has 0 heterocycles. The Bertz CT molecular complexity index is 82.7. The van der Waals surface area contributed by atoms with Gasteiger partial charge in [0, 0.05) is 6.04 Å². The molecule has 0 aromatic rings. The third kappa shape index (κ3) is 2.70. The van der Waals surface area contributed by atoms with Gasteiger partial charge in [-0.05, 0) is 25.7 Å². The summed E-state index contributed by atoms with van der Waals surface area (Å²) in [5.41, 5.74) is 5.67. The van der Waals surface area contributed by atoms with E-state index in [1.165, 1.54) is 38.5 Å². The Hall–Kier alpha value is -0.0400. The van der Waals surface area contributed by atoms with Crippen LogP contribution in [-0.2, 0) is 0 Å². The van der Waals surface area contributed by atoms with Gasteiger partial charge < -0.3 is 5.73 Å². The zero-order valence-electron chi connectivity index (χ0n) is 6.97. The van der Waals surface area contributed by atoms with Gasteiger partial charge in [0.1, 0.15) is 0 Å². The lowest BCUT2D eigenvalue weighted by molar-refractivity contribution is 0.459. The molecule has 1 saturated carbocycles. The molecule has 60 valence electrons. The van der Waals surface area contributed by atoms with Crippen molar-refractivity contribution in [3.05, 3.63) is 0 Å². The molecule has 0 aromatic heterocycles. The van der Waals surface area contributed by atoms with Crippen molar-refractivity contribution in [3.63, 3.8) is 0 Å². The molecule has 10 heavy (non-hydrogen) atoms. The van der Waals surface area contributed by atoms with Crippen LogP contribution in [0, 0.1) is 5.92 Å². The molecular weight excluding hydrogens is 122 g/mol. The summed E-state index contributed by atoms with van der Waals surface area (Å²) in [5, 5.41) is 0. The first-order chi connectivity index (χ1) is 4.79. The Kier molecular flexibility index (Phi) is 3.20. The van der Waals surface area contributed by atoms with Gasteiger partial charge in [0.05, 0.1) is 0 Å². The Balaban J connectivity index is 2.01. The summed E-state index contributed by atoms with van der Waals surface area (Å²) < 4.78 is 0. The molecule has 1 aliphatic rings. The second kappa shape index (κ2) is 3.97. The highest BCUT2D eigenvalue weighted by Gasteiger charge is 2.14. The molecule has 1 fully saturated rings. The third-order valence-electron chi connectivity index (χ3n) is 2.51. The number of nitrogens with two attached hydrogens (primary N) is 1. The van der Waals surface area contributed by atoms with Crippen molar-refractivity contribution in [1.29, 1.82) is 0 Å². The van der Waals surface area contributed by atoms with E-state index in [0.29, 0.717) is 6.04 Å². The van der Waals surface area contributed by atoms with Crippen molar-refractivity contribution in [2.75, 3.05) is 0 Å². The standard InChI is InChI=1S/C9H19N/c1-8(10)6-7-9-4-2-3-5-9/h8-9H,2-7,10H2,1H3/t8-/m1/s1. The highest BCUT2D eigenvalue weighted by atomic mass is 14.6. The fourth-order valence-electron chi connectivity index (χ4n) is 1.80. The summed E-state index contributed by atoms with van der Waals surface area (Å²) in [7, 11) is 0. The van der Waals surface area contributed by atoms with E-state index in [0.717, 1.165) is 5.92 Å². The van der Waals surface area contributed by atoms with Crippen LogP contribution in [0.3, 0.4) is 0 Å². The lowest BCUT2D eigenvalue weighted by atomic mass is 10.00. The third-order valence-corrected chi connectivity index (χ3v) is 2.51. The summed E-state index contributed by atoms with van der Waals surface area (Å²) in [5.74, 6) is 1.02. The smallest absolute Gasteiger partial charge is 0.00105 e. The SMILES string of the molecule is C[C@@H](N)CCC1CCCC1. The van der Waals surface area contributed by atoms with Gasteiger partial charge in [0.25, 0.3) is 0 Å². The van der Waals surface area contributed by atoms with Crippen molar-refractivity contribution < 1.29 is 0 Å². The number of rotatable bonds is 3. The van der Waals surface area contributed by atoms with E-state index in [2.05, 4.69) is 6.92 Å². The van der Waals surface area contributed by atoms with Crippen molar-refractivity contribution in [1.82, 2.24) is 0 Å². The van der Waals surface area contributed by atoms with E-state index in [1.807, 2.05) is 0 Å². The van der Waals surface area contributed by atoms with Gasteiger partial charge in [-0.15, -0.1) is 0 Å². The van der Waals surface area contributed by atoms with E-state index in [-0.39, 0.29) is 0 Å². The summed E-state index contributed by atoms with van der Waals surface area (Å²) >= 11 is 0. The molecule has 0 unspecified atom stereocenters. The largest absolute Gasteiger partial charge is 0.328 e. The lowest BCUT2D eigenvalue weighted by Gasteiger charge is -2.09. The van der Waals surface area contributed by atoms with Crippen LogP contribution < -0.4 is 5.73 Å². The molecule has 1 heteroatoms. The normalized spacial score (nSPS) is 23.4. The lowest BCUT2D eigenvalue weighted by Crippen LogP contribution is -2.15. The summed E-state index contributed by atoms with van der Waals surface area (Å²) in [6.07, 6.45) is 8.45. The van der Waals surface area contributed by atoms with E-state index >= 15 is 0 Å². The maximum atomic E-state index is 5.67. The minimum absolute atomic E-state index is 0.417. The predicted molar refractivity (Wildman–Crippen MR) is 44.8 cm³/mol. The molecule has 0 amide bonds. The fourth-order valence-corrected chi connectivity index (χ4v) is 1.80. The summed E-state index contributed by atoms with van der Waals surface area (Å²) in [6.45, 7) is 2.11. The van der Waals surface area contributed by atoms with Gasteiger partial charge in [-0.3, -0.25) is 0 Å². The Labute approximate surface area is 64.0 Å². The van der Waals surface area contributed by atoms with Crippen LogP contribution in [0.2, 0.25) is 0 Å². The molecule has 1 rings (SSSR count). The molecule has 1 nitrogen and oxygen atoms in total. The first kappa shape index (κ1) is 8.06. The molecule has 1 atom stereocenters. The minimum atomic E-state index is 0.417. The minimum Gasteiger partial charge on any atom is -0.328 e. The molecular formula is C9H19N. The van der Waals surface area contributed by atoms with Crippen LogP contribution in [0.4, 0.5) is 0 Å². The molecule has 1 aliphatic carbocycles. The second-order valence-corrected chi connectivity index (χ2v) is 3.71.